The van der Waals surface area contributed by atoms with E-state index < -0.39 is 48.2 Å². The van der Waals surface area contributed by atoms with Gasteiger partial charge < -0.3 is 41.6 Å². The van der Waals surface area contributed by atoms with Crippen LogP contribution in [0.15, 0.2) is 23.8 Å². The summed E-state index contributed by atoms with van der Waals surface area (Å²) in [5.41, 5.74) is 11.9. The van der Waals surface area contributed by atoms with E-state index in [0.29, 0.717) is 32.4 Å². The number of nitrogens with two attached hydrogens (primary N) is 2. The second-order valence-corrected chi connectivity index (χ2v) is 9.92. The fraction of sp³-hybridized carbons (Fsp3) is 0.667. The van der Waals surface area contributed by atoms with Gasteiger partial charge in [0, 0.05) is 32.5 Å². The van der Waals surface area contributed by atoms with Crippen molar-refractivity contribution in [3.63, 3.8) is 0 Å². The van der Waals surface area contributed by atoms with E-state index in [-0.39, 0.29) is 31.6 Å². The second kappa shape index (κ2) is 20.1. The van der Waals surface area contributed by atoms with Gasteiger partial charge in [-0.25, -0.2) is 19.2 Å². The maximum atomic E-state index is 12.9. The van der Waals surface area contributed by atoms with Crippen molar-refractivity contribution in [1.82, 2.24) is 15.5 Å². The van der Waals surface area contributed by atoms with Crippen molar-refractivity contribution in [3.05, 3.63) is 23.8 Å². The minimum absolute atomic E-state index is 0.103. The Balaban J connectivity index is 0.00000223. The highest BCUT2D eigenvalue weighted by atomic mass is 19.4. The number of piperidine rings is 1. The monoisotopic (exact) mass is 623 g/mol. The number of esters is 1. The molecule has 0 aliphatic carbocycles. The molecular weight excluding hydrogens is 579 g/mol. The van der Waals surface area contributed by atoms with Gasteiger partial charge in [0.1, 0.15) is 18.8 Å². The van der Waals surface area contributed by atoms with Gasteiger partial charge in [0.15, 0.2) is 0 Å². The van der Waals surface area contributed by atoms with Crippen molar-refractivity contribution < 1.29 is 51.7 Å². The molecule has 4 amide bonds. The largest absolute Gasteiger partial charge is 0.490 e. The van der Waals surface area contributed by atoms with Crippen LogP contribution in [-0.4, -0.2) is 90.6 Å². The van der Waals surface area contributed by atoms with Crippen LogP contribution < -0.4 is 22.1 Å². The number of carbonyl (C=O) groups excluding carboxylic acids is 4. The van der Waals surface area contributed by atoms with Gasteiger partial charge in [0.2, 0.25) is 5.91 Å². The molecule has 246 valence electrons. The number of carboxylic acid groups (broad SMARTS) is 1. The summed E-state index contributed by atoms with van der Waals surface area (Å²) in [6.45, 7) is 8.80. The molecule has 0 saturated carbocycles. The molecule has 0 aromatic carbocycles. The van der Waals surface area contributed by atoms with Crippen molar-refractivity contribution in [2.24, 2.45) is 17.4 Å². The van der Waals surface area contributed by atoms with Crippen LogP contribution in [0.1, 0.15) is 59.8 Å². The number of nitrogens with zero attached hydrogens (tertiary/aromatic N) is 1. The Morgan fingerprint density at radius 3 is 2.19 bits per heavy atom. The highest BCUT2D eigenvalue weighted by Gasteiger charge is 2.38. The summed E-state index contributed by atoms with van der Waals surface area (Å²) in [5, 5.41) is 12.3. The number of hydrogen-bond acceptors (Lipinski definition) is 8. The zero-order valence-electron chi connectivity index (χ0n) is 24.9. The first kappa shape index (κ1) is 39.2. The minimum atomic E-state index is -5.08. The third kappa shape index (κ3) is 17.0. The third-order valence-electron chi connectivity index (χ3n) is 6.12. The maximum absolute atomic E-state index is 12.9. The molecule has 0 bridgehead atoms. The number of hydrogen-bond donors (Lipinski definition) is 5. The number of rotatable bonds is 13. The summed E-state index contributed by atoms with van der Waals surface area (Å²) in [7, 11) is 0. The Hall–Kier alpha value is -3.82. The molecule has 2 atom stereocenters. The zero-order chi connectivity index (χ0) is 33.2. The number of halogens is 3. The van der Waals surface area contributed by atoms with Crippen molar-refractivity contribution in [1.29, 1.82) is 0 Å². The van der Waals surface area contributed by atoms with Gasteiger partial charge in [-0.15, -0.1) is 0 Å². The molecule has 16 heteroatoms. The number of aliphatic carboxylic acids is 1. The summed E-state index contributed by atoms with van der Waals surface area (Å²) < 4.78 is 42.8. The van der Waals surface area contributed by atoms with Crippen LogP contribution in [0, 0.1) is 5.92 Å². The Labute approximate surface area is 249 Å². The number of primary amides is 1. The molecule has 1 aliphatic heterocycles. The number of alkyl halides is 3. The number of ether oxygens (including phenoxy) is 2. The molecule has 1 heterocycles. The van der Waals surface area contributed by atoms with Gasteiger partial charge in [-0.1, -0.05) is 39.0 Å². The molecule has 1 aliphatic rings. The molecule has 1 rings (SSSR count). The summed E-state index contributed by atoms with van der Waals surface area (Å²) in [4.78, 5) is 59.1. The Bertz CT molecular complexity index is 980. The minimum Gasteiger partial charge on any atom is -0.475 e. The fourth-order valence-corrected chi connectivity index (χ4v) is 3.47. The molecular formula is C27H44F3N5O8. The second-order valence-electron chi connectivity index (χ2n) is 9.92. The van der Waals surface area contributed by atoms with E-state index in [2.05, 4.69) is 10.6 Å². The number of allylic oxidation sites excluding steroid dienone is 2. The predicted molar refractivity (Wildman–Crippen MR) is 150 cm³/mol. The number of likely N-dealkylation sites (tertiary alicyclic amines) is 1. The maximum Gasteiger partial charge on any atom is 0.490 e. The van der Waals surface area contributed by atoms with E-state index in [1.165, 1.54) is 0 Å². The summed E-state index contributed by atoms with van der Waals surface area (Å²) in [6, 6.07) is -2.33. The van der Waals surface area contributed by atoms with Crippen LogP contribution in [0.2, 0.25) is 0 Å². The first-order valence-electron chi connectivity index (χ1n) is 13.9. The summed E-state index contributed by atoms with van der Waals surface area (Å²) in [5.74, 6) is -3.87. The average Bonchev–Trinajstić information content (AvgIpc) is 2.94. The van der Waals surface area contributed by atoms with E-state index in [1.54, 1.807) is 4.90 Å². The normalized spacial score (nSPS) is 15.7. The van der Waals surface area contributed by atoms with E-state index in [1.807, 2.05) is 45.9 Å². The lowest BCUT2D eigenvalue weighted by atomic mass is 10.0. The molecule has 0 unspecified atom stereocenters. The number of carboxylic acids is 1. The van der Waals surface area contributed by atoms with Gasteiger partial charge >= 0.3 is 30.2 Å². The zero-order valence-corrected chi connectivity index (χ0v) is 24.9. The third-order valence-corrected chi connectivity index (χ3v) is 6.12. The van der Waals surface area contributed by atoms with Gasteiger partial charge in [-0.2, -0.15) is 13.2 Å². The van der Waals surface area contributed by atoms with E-state index >= 15 is 0 Å². The number of urea groups is 1. The van der Waals surface area contributed by atoms with Crippen LogP contribution in [0.4, 0.5) is 22.8 Å². The Morgan fingerprint density at radius 2 is 1.72 bits per heavy atom. The highest BCUT2D eigenvalue weighted by Crippen LogP contribution is 2.17. The van der Waals surface area contributed by atoms with E-state index in [4.69, 9.17) is 30.8 Å². The highest BCUT2D eigenvalue weighted by molar-refractivity contribution is 5.87. The number of carbonyl (C=O) groups is 5. The molecule has 0 aromatic rings. The van der Waals surface area contributed by atoms with Crippen LogP contribution in [0.3, 0.4) is 0 Å². The fourth-order valence-electron chi connectivity index (χ4n) is 3.47. The average molecular weight is 624 g/mol. The van der Waals surface area contributed by atoms with Crippen LogP contribution in [-0.2, 0) is 23.9 Å². The Kier molecular flexibility index (Phi) is 18.4. The van der Waals surface area contributed by atoms with Crippen LogP contribution >= 0.6 is 0 Å². The molecule has 43 heavy (non-hydrogen) atoms. The smallest absolute Gasteiger partial charge is 0.475 e. The lowest BCUT2D eigenvalue weighted by Crippen LogP contribution is -2.51. The van der Waals surface area contributed by atoms with Crippen molar-refractivity contribution >= 4 is 30.0 Å². The quantitative estimate of drug-likeness (QED) is 0.116. The molecule has 1 saturated heterocycles. The lowest BCUT2D eigenvalue weighted by molar-refractivity contribution is -0.192. The van der Waals surface area contributed by atoms with Crippen LogP contribution in [0.5, 0.6) is 0 Å². The van der Waals surface area contributed by atoms with Gasteiger partial charge in [-0.3, -0.25) is 4.79 Å². The lowest BCUT2D eigenvalue weighted by Gasteiger charge is -2.32. The topological polar surface area (TPSA) is 203 Å². The van der Waals surface area contributed by atoms with Crippen LogP contribution in [0.25, 0.3) is 0 Å². The predicted octanol–water partition coefficient (Wildman–Crippen LogP) is 2.59. The molecule has 0 aromatic heterocycles. The van der Waals surface area contributed by atoms with Gasteiger partial charge in [0.25, 0.3) is 0 Å². The molecule has 13 nitrogen and oxygen atoms in total. The SMILES string of the molecule is C/C=C(\C=C/CC)COC(=O)N1CCC(OC(=O)[C@H](CCCNC(N)=O)NC(=O)[C@@H](N)C(C)C)CC1.O=C(O)C(F)(F)F. The number of amides is 4. The number of nitrogens with one attached hydrogen (secondary N) is 2. The Morgan fingerprint density at radius 1 is 1.14 bits per heavy atom. The summed E-state index contributed by atoms with van der Waals surface area (Å²) >= 11 is 0. The van der Waals surface area contributed by atoms with Gasteiger partial charge in [-0.05, 0) is 37.7 Å². The molecule has 0 radical (unpaired) electrons. The first-order valence-corrected chi connectivity index (χ1v) is 13.9. The molecule has 0 spiro atoms. The molecule has 7 N–H and O–H groups in total. The first-order chi connectivity index (χ1) is 20.0. The van der Waals surface area contributed by atoms with Crippen molar-refractivity contribution in [2.45, 2.75) is 84.2 Å². The van der Waals surface area contributed by atoms with Crippen molar-refractivity contribution in [3.8, 4) is 0 Å². The van der Waals surface area contributed by atoms with E-state index in [0.717, 1.165) is 12.0 Å². The van der Waals surface area contributed by atoms with E-state index in [9.17, 15) is 32.3 Å². The molecule has 1 fully saturated rings. The summed E-state index contributed by atoms with van der Waals surface area (Å²) in [6.07, 6.45) is 2.45. The standard InChI is InChI=1S/C25H43N5O6.C2HF3O2/c1-5-7-9-18(6-2)16-35-25(34)30-14-11-19(12-15-30)36-23(32)20(10-8-13-28-24(27)33)29-22(31)21(26)17(3)4;3-2(4,5)1(6)7/h6-7,9,17,19-21H,5,8,10-16,26H2,1-4H3,(H,29,31)(H3,27,28,33);(H,6,7)/b9-7-,18-6+;/t20-,21-;/m0./s1. The van der Waals surface area contributed by atoms with Gasteiger partial charge in [0.05, 0.1) is 6.04 Å². The van der Waals surface area contributed by atoms with Crippen molar-refractivity contribution in [2.75, 3.05) is 26.2 Å².